The molecule has 1 unspecified atom stereocenters. The van der Waals surface area contributed by atoms with Gasteiger partial charge in [-0.3, -0.25) is 9.59 Å². The van der Waals surface area contributed by atoms with Crippen molar-refractivity contribution in [3.8, 4) is 0 Å². The van der Waals surface area contributed by atoms with Crippen molar-refractivity contribution in [1.82, 2.24) is 4.31 Å². The second-order valence-electron chi connectivity index (χ2n) is 8.36. The molecule has 3 aromatic rings. The van der Waals surface area contributed by atoms with E-state index in [1.807, 2.05) is 12.1 Å². The Kier molecular flexibility index (Phi) is 6.15. The average Bonchev–Trinajstić information content (AvgIpc) is 3.48. The summed E-state index contributed by atoms with van der Waals surface area (Å²) in [7, 11) is -2.15. The molecule has 1 atom stereocenters. The number of piperidine rings is 1. The van der Waals surface area contributed by atoms with Crippen molar-refractivity contribution in [1.29, 1.82) is 0 Å². The van der Waals surface area contributed by atoms with Gasteiger partial charge in [0.15, 0.2) is 0 Å². The Balaban J connectivity index is 1.46. The van der Waals surface area contributed by atoms with Crippen LogP contribution in [0.25, 0.3) is 10.8 Å². The zero-order valence-corrected chi connectivity index (χ0v) is 20.3. The summed E-state index contributed by atoms with van der Waals surface area (Å²) in [6.45, 7) is 1.16. The van der Waals surface area contributed by atoms with Crippen molar-refractivity contribution in [2.45, 2.75) is 29.5 Å². The van der Waals surface area contributed by atoms with Gasteiger partial charge in [0.05, 0.1) is 12.3 Å². The molecule has 1 fully saturated rings. The summed E-state index contributed by atoms with van der Waals surface area (Å²) >= 11 is 1.15. The molecule has 178 valence electrons. The number of nitrogens with one attached hydrogen (secondary N) is 1. The van der Waals surface area contributed by atoms with Crippen LogP contribution in [-0.4, -0.2) is 57.4 Å². The predicted molar refractivity (Wildman–Crippen MR) is 132 cm³/mol. The number of carbonyl (C=O) groups is 2. The minimum Gasteiger partial charge on any atom is -0.383 e. The normalized spacial score (nSPS) is 18.6. The lowest BCUT2D eigenvalue weighted by atomic mass is 10.0. The Morgan fingerprint density at radius 1 is 1.18 bits per heavy atom. The maximum Gasteiger partial charge on any atom is 0.259 e. The minimum absolute atomic E-state index is 0.0957. The summed E-state index contributed by atoms with van der Waals surface area (Å²) in [6.07, 6.45) is 1.96. The molecule has 0 aliphatic carbocycles. The van der Waals surface area contributed by atoms with Gasteiger partial charge in [0.25, 0.3) is 15.9 Å². The molecule has 1 saturated heterocycles. The Hall–Kier alpha value is -2.79. The van der Waals surface area contributed by atoms with Crippen LogP contribution in [0.15, 0.2) is 52.1 Å². The summed E-state index contributed by atoms with van der Waals surface area (Å²) in [5.74, 6) is -0.456. The molecular formula is C24H25N3O5S2. The van der Waals surface area contributed by atoms with E-state index in [9.17, 15) is 18.0 Å². The molecule has 2 aromatic carbocycles. The van der Waals surface area contributed by atoms with E-state index in [0.29, 0.717) is 37.4 Å². The zero-order valence-electron chi connectivity index (χ0n) is 18.7. The van der Waals surface area contributed by atoms with Gasteiger partial charge in [-0.05, 0) is 42.5 Å². The molecule has 10 heteroatoms. The van der Waals surface area contributed by atoms with Crippen LogP contribution in [0.2, 0.25) is 0 Å². The molecule has 2 aliphatic rings. The molecule has 3 heterocycles. The number of sulfonamides is 1. The van der Waals surface area contributed by atoms with Crippen LogP contribution in [0.3, 0.4) is 0 Å². The van der Waals surface area contributed by atoms with Gasteiger partial charge in [-0.1, -0.05) is 24.6 Å². The second kappa shape index (κ2) is 9.10. The third-order valence-electron chi connectivity index (χ3n) is 6.38. The lowest BCUT2D eigenvalue weighted by Crippen LogP contribution is -2.49. The van der Waals surface area contributed by atoms with Gasteiger partial charge in [-0.2, -0.15) is 4.31 Å². The predicted octanol–water partition coefficient (Wildman–Crippen LogP) is 3.69. The number of amides is 2. The number of nitrogens with zero attached hydrogens (tertiary/aromatic N) is 2. The van der Waals surface area contributed by atoms with Gasteiger partial charge in [-0.25, -0.2) is 8.42 Å². The molecule has 1 N–H and O–H groups in total. The zero-order chi connectivity index (χ0) is 23.9. The molecule has 2 aliphatic heterocycles. The number of carbonyl (C=O) groups excluding carboxylic acids is 2. The Morgan fingerprint density at radius 2 is 2.03 bits per heavy atom. The average molecular weight is 500 g/mol. The van der Waals surface area contributed by atoms with Gasteiger partial charge in [-0.15, -0.1) is 11.3 Å². The molecule has 0 saturated carbocycles. The molecule has 0 spiro atoms. The quantitative estimate of drug-likeness (QED) is 0.535. The first-order chi connectivity index (χ1) is 16.4. The number of ether oxygens (including phenoxy) is 1. The SMILES string of the molecule is COCCN1C(=O)c2cccc3c(NC(=O)C4CCCCN4S(=O)(=O)c4cccs4)ccc1c23. The number of methoxy groups -OCH3 is 1. The molecular weight excluding hydrogens is 474 g/mol. The topological polar surface area (TPSA) is 96.0 Å². The molecule has 2 amide bonds. The molecule has 34 heavy (non-hydrogen) atoms. The first-order valence-electron chi connectivity index (χ1n) is 11.2. The number of hydrogen-bond acceptors (Lipinski definition) is 6. The molecule has 0 bridgehead atoms. The number of rotatable bonds is 7. The first kappa shape index (κ1) is 23.0. The van der Waals surface area contributed by atoms with Crippen LogP contribution in [0.1, 0.15) is 29.6 Å². The van der Waals surface area contributed by atoms with Gasteiger partial charge >= 0.3 is 0 Å². The van der Waals surface area contributed by atoms with Gasteiger partial charge in [0.2, 0.25) is 5.91 Å². The van der Waals surface area contributed by atoms with Crippen LogP contribution >= 0.6 is 11.3 Å². The largest absolute Gasteiger partial charge is 0.383 e. The van der Waals surface area contributed by atoms with E-state index in [1.54, 1.807) is 47.7 Å². The third-order valence-corrected chi connectivity index (χ3v) is 9.66. The van der Waals surface area contributed by atoms with Crippen molar-refractivity contribution in [2.75, 3.05) is 37.0 Å². The van der Waals surface area contributed by atoms with Gasteiger partial charge < -0.3 is 15.0 Å². The van der Waals surface area contributed by atoms with E-state index in [-0.39, 0.29) is 16.0 Å². The molecule has 5 rings (SSSR count). The Bertz CT molecular complexity index is 1350. The van der Waals surface area contributed by atoms with Crippen molar-refractivity contribution < 1.29 is 22.7 Å². The van der Waals surface area contributed by atoms with E-state index in [0.717, 1.165) is 40.6 Å². The van der Waals surface area contributed by atoms with E-state index < -0.39 is 16.1 Å². The Labute approximate surface area is 202 Å². The maximum atomic E-state index is 13.4. The van der Waals surface area contributed by atoms with E-state index in [4.69, 9.17) is 4.74 Å². The maximum absolute atomic E-state index is 13.4. The van der Waals surface area contributed by atoms with Crippen LogP contribution < -0.4 is 10.2 Å². The fourth-order valence-electron chi connectivity index (χ4n) is 4.76. The lowest BCUT2D eigenvalue weighted by Gasteiger charge is -2.33. The van der Waals surface area contributed by atoms with Crippen LogP contribution in [0.5, 0.6) is 0 Å². The third kappa shape index (κ3) is 3.80. The standard InChI is InChI=1S/C24H25N3O5S2/c1-32-14-13-26-19-11-10-18(16-6-4-7-17(22(16)19)24(26)29)25-23(28)20-8-2-3-12-27(20)34(30,31)21-9-5-15-33-21/h4-7,9-11,15,20H,2-3,8,12-14H2,1H3,(H,25,28). The number of hydrogen-bond donors (Lipinski definition) is 1. The second-order valence-corrected chi connectivity index (χ2v) is 11.4. The van der Waals surface area contributed by atoms with Crippen LogP contribution in [-0.2, 0) is 19.6 Å². The van der Waals surface area contributed by atoms with Crippen LogP contribution in [0, 0.1) is 0 Å². The number of thiophene rings is 1. The van der Waals surface area contributed by atoms with Gasteiger partial charge in [0, 0.05) is 42.2 Å². The van der Waals surface area contributed by atoms with E-state index in [1.165, 1.54) is 4.31 Å². The first-order valence-corrected chi connectivity index (χ1v) is 13.5. The molecule has 1 aromatic heterocycles. The van der Waals surface area contributed by atoms with Crippen molar-refractivity contribution in [3.05, 3.63) is 53.4 Å². The van der Waals surface area contributed by atoms with Crippen molar-refractivity contribution >= 4 is 55.3 Å². The number of anilines is 2. The highest BCUT2D eigenvalue weighted by atomic mass is 32.2. The monoisotopic (exact) mass is 499 g/mol. The highest BCUT2D eigenvalue weighted by Crippen LogP contribution is 2.40. The molecule has 8 nitrogen and oxygen atoms in total. The lowest BCUT2D eigenvalue weighted by molar-refractivity contribution is -0.120. The minimum atomic E-state index is -3.75. The summed E-state index contributed by atoms with van der Waals surface area (Å²) in [5.41, 5.74) is 1.93. The fraction of sp³-hybridized carbons (Fsp3) is 0.333. The van der Waals surface area contributed by atoms with E-state index in [2.05, 4.69) is 5.32 Å². The van der Waals surface area contributed by atoms with Crippen LogP contribution in [0.4, 0.5) is 11.4 Å². The smallest absolute Gasteiger partial charge is 0.259 e. The molecule has 0 radical (unpaired) electrons. The number of benzene rings is 2. The van der Waals surface area contributed by atoms with E-state index >= 15 is 0 Å². The van der Waals surface area contributed by atoms with Crippen molar-refractivity contribution in [2.24, 2.45) is 0 Å². The summed E-state index contributed by atoms with van der Waals surface area (Å²) in [4.78, 5) is 28.0. The summed E-state index contributed by atoms with van der Waals surface area (Å²) in [6, 6.07) is 11.5. The highest BCUT2D eigenvalue weighted by Gasteiger charge is 2.38. The van der Waals surface area contributed by atoms with Gasteiger partial charge in [0.1, 0.15) is 10.3 Å². The fourth-order valence-corrected chi connectivity index (χ4v) is 7.53. The Morgan fingerprint density at radius 3 is 2.79 bits per heavy atom. The van der Waals surface area contributed by atoms with Crippen molar-refractivity contribution in [3.63, 3.8) is 0 Å². The highest BCUT2D eigenvalue weighted by molar-refractivity contribution is 7.91. The summed E-state index contributed by atoms with van der Waals surface area (Å²) < 4.78 is 33.1. The summed E-state index contributed by atoms with van der Waals surface area (Å²) in [5, 5.41) is 6.21.